The summed E-state index contributed by atoms with van der Waals surface area (Å²) in [6.45, 7) is 0. The van der Waals surface area contributed by atoms with Gasteiger partial charge >= 0.3 is 0 Å². The van der Waals surface area contributed by atoms with Crippen molar-refractivity contribution >= 4 is 32.6 Å². The molecule has 2 heterocycles. The Morgan fingerprint density at radius 2 is 0.902 bits per heavy atom. The maximum atomic E-state index is 5.66. The molecule has 0 unspecified atom stereocenters. The van der Waals surface area contributed by atoms with Crippen LogP contribution in [0, 0.1) is 0 Å². The Hall–Kier alpha value is -7.94. The second-order valence-electron chi connectivity index (χ2n) is 16.8. The zero-order valence-corrected chi connectivity index (χ0v) is 33.0. The predicted octanol–water partition coefficient (Wildman–Crippen LogP) is 14.9. The molecule has 9 aromatic carbocycles. The molecule has 3 aliphatic carbocycles. The van der Waals surface area contributed by atoms with Crippen molar-refractivity contribution in [3.8, 4) is 78.0 Å². The average molecular weight is 771 g/mol. The Morgan fingerprint density at radius 3 is 1.62 bits per heavy atom. The largest absolute Gasteiger partial charge is 0.254 e. The Bertz CT molecular complexity index is 3600. The van der Waals surface area contributed by atoms with Crippen molar-refractivity contribution in [1.82, 2.24) is 9.97 Å². The van der Waals surface area contributed by atoms with Crippen molar-refractivity contribution in [2.75, 3.05) is 0 Å². The normalized spacial score (nSPS) is 13.4. The van der Waals surface area contributed by atoms with Crippen LogP contribution in [0.4, 0.5) is 0 Å². The minimum Gasteiger partial charge on any atom is -0.254 e. The van der Waals surface area contributed by atoms with Gasteiger partial charge in [-0.05, 0) is 125 Å². The van der Waals surface area contributed by atoms with Gasteiger partial charge in [0.15, 0.2) is 0 Å². The van der Waals surface area contributed by atoms with Gasteiger partial charge in [-0.3, -0.25) is 4.98 Å². The molecule has 0 amide bonds. The first kappa shape index (κ1) is 33.0. The van der Waals surface area contributed by atoms with Crippen LogP contribution in [0.25, 0.3) is 111 Å². The first-order valence-corrected chi connectivity index (χ1v) is 21.1. The highest BCUT2D eigenvalue weighted by atomic mass is 14.8. The third-order valence-electron chi connectivity index (χ3n) is 13.8. The third-order valence-corrected chi connectivity index (χ3v) is 13.8. The van der Waals surface area contributed by atoms with Crippen LogP contribution >= 0.6 is 0 Å². The molecule has 280 valence electrons. The first-order valence-electron chi connectivity index (χ1n) is 21.1. The van der Waals surface area contributed by atoms with Gasteiger partial charge in [0.05, 0.1) is 22.1 Å². The lowest BCUT2D eigenvalue weighted by Gasteiger charge is -2.31. The van der Waals surface area contributed by atoms with E-state index in [4.69, 9.17) is 9.97 Å². The van der Waals surface area contributed by atoms with Gasteiger partial charge in [0.25, 0.3) is 0 Å². The molecule has 0 saturated carbocycles. The van der Waals surface area contributed by atoms with Crippen LogP contribution in [-0.4, -0.2) is 9.97 Å². The van der Waals surface area contributed by atoms with E-state index in [1.54, 1.807) is 0 Å². The van der Waals surface area contributed by atoms with E-state index in [2.05, 4.69) is 194 Å². The van der Waals surface area contributed by atoms with Gasteiger partial charge in [-0.15, -0.1) is 0 Å². The van der Waals surface area contributed by atoms with Gasteiger partial charge in [-0.2, -0.15) is 0 Å². The molecule has 2 heteroatoms. The summed E-state index contributed by atoms with van der Waals surface area (Å²) in [5.74, 6) is 0. The van der Waals surface area contributed by atoms with Crippen molar-refractivity contribution in [2.45, 2.75) is 5.41 Å². The summed E-state index contributed by atoms with van der Waals surface area (Å²) in [4.78, 5) is 10.6. The number of hydrogen-bond donors (Lipinski definition) is 0. The minimum absolute atomic E-state index is 0.571. The molecular formula is C59H34N2. The smallest absolute Gasteiger partial charge is 0.0972 e. The Kier molecular flexibility index (Phi) is 6.52. The van der Waals surface area contributed by atoms with E-state index in [0.717, 1.165) is 27.5 Å². The molecule has 2 nitrogen and oxygen atoms in total. The highest BCUT2D eigenvalue weighted by Crippen LogP contribution is 2.67. The fourth-order valence-corrected chi connectivity index (χ4v) is 11.4. The van der Waals surface area contributed by atoms with Crippen LogP contribution in [0.3, 0.4) is 0 Å². The van der Waals surface area contributed by atoms with E-state index in [1.807, 2.05) is 12.3 Å². The lowest BCUT2D eigenvalue weighted by Crippen LogP contribution is -2.26. The van der Waals surface area contributed by atoms with Gasteiger partial charge in [-0.25, -0.2) is 4.98 Å². The molecule has 0 N–H and O–H groups in total. The third kappa shape index (κ3) is 4.31. The van der Waals surface area contributed by atoms with Crippen LogP contribution in [0.5, 0.6) is 0 Å². The molecule has 3 aliphatic rings. The minimum atomic E-state index is -0.571. The summed E-state index contributed by atoms with van der Waals surface area (Å²) < 4.78 is 0. The van der Waals surface area contributed by atoms with E-state index >= 15 is 0 Å². The zero-order valence-electron chi connectivity index (χ0n) is 33.0. The van der Waals surface area contributed by atoms with E-state index < -0.39 is 5.41 Å². The van der Waals surface area contributed by atoms with Gasteiger partial charge < -0.3 is 0 Å². The summed E-state index contributed by atoms with van der Waals surface area (Å²) in [6, 6.07) is 74.3. The van der Waals surface area contributed by atoms with Crippen LogP contribution in [0.15, 0.2) is 206 Å². The van der Waals surface area contributed by atoms with E-state index in [0.29, 0.717) is 0 Å². The number of aromatic nitrogens is 2. The molecule has 11 aromatic rings. The SMILES string of the molecule is c1ccc(-c2ccc3c(c2)-c2cc(-c4ccccc4)ccc2C32c3ccccc3-c3c2cc2c(c3-c3ccc4ccc5cccnc5c4n3)-c3cccc4cccc-2c34)cc1. The predicted molar refractivity (Wildman–Crippen MR) is 252 cm³/mol. The number of fused-ring (bicyclic) bond motifs is 16. The van der Waals surface area contributed by atoms with Gasteiger partial charge in [0.1, 0.15) is 0 Å². The number of hydrogen-bond acceptors (Lipinski definition) is 2. The summed E-state index contributed by atoms with van der Waals surface area (Å²) >= 11 is 0. The second kappa shape index (κ2) is 12.1. The molecule has 1 spiro atoms. The summed E-state index contributed by atoms with van der Waals surface area (Å²) in [7, 11) is 0. The van der Waals surface area contributed by atoms with Crippen molar-refractivity contribution in [2.24, 2.45) is 0 Å². The average Bonchev–Trinajstić information content (AvgIpc) is 3.93. The van der Waals surface area contributed by atoms with Crippen molar-refractivity contribution in [1.29, 1.82) is 0 Å². The fraction of sp³-hybridized carbons (Fsp3) is 0.0169. The fourth-order valence-electron chi connectivity index (χ4n) is 11.4. The first-order chi connectivity index (χ1) is 30.3. The summed E-state index contributed by atoms with van der Waals surface area (Å²) in [6.07, 6.45) is 1.88. The van der Waals surface area contributed by atoms with Gasteiger partial charge in [0.2, 0.25) is 0 Å². The quantitative estimate of drug-likeness (QED) is 0.167. The van der Waals surface area contributed by atoms with E-state index in [-0.39, 0.29) is 0 Å². The lowest BCUT2D eigenvalue weighted by atomic mass is 9.69. The molecule has 2 aromatic heterocycles. The van der Waals surface area contributed by atoms with Crippen molar-refractivity contribution in [3.63, 3.8) is 0 Å². The maximum absolute atomic E-state index is 5.66. The number of pyridine rings is 2. The van der Waals surface area contributed by atoms with Gasteiger partial charge in [-0.1, -0.05) is 170 Å². The Morgan fingerprint density at radius 1 is 0.311 bits per heavy atom. The van der Waals surface area contributed by atoms with Crippen LogP contribution in [0.1, 0.15) is 22.3 Å². The Labute approximate surface area is 353 Å². The van der Waals surface area contributed by atoms with E-state index in [9.17, 15) is 0 Å². The van der Waals surface area contributed by atoms with Crippen LogP contribution < -0.4 is 0 Å². The molecule has 14 rings (SSSR count). The molecular weight excluding hydrogens is 737 g/mol. The van der Waals surface area contributed by atoms with Crippen LogP contribution in [-0.2, 0) is 5.41 Å². The van der Waals surface area contributed by atoms with Crippen molar-refractivity contribution < 1.29 is 0 Å². The molecule has 0 saturated heterocycles. The van der Waals surface area contributed by atoms with Crippen molar-refractivity contribution in [3.05, 3.63) is 229 Å². The van der Waals surface area contributed by atoms with Crippen LogP contribution in [0.2, 0.25) is 0 Å². The van der Waals surface area contributed by atoms with Gasteiger partial charge in [0, 0.05) is 28.1 Å². The summed E-state index contributed by atoms with van der Waals surface area (Å²) in [5, 5.41) is 4.75. The number of nitrogens with zero attached hydrogens (tertiary/aromatic N) is 2. The standard InChI is InChI=1S/C59H34N2/c1-3-12-35(13-4-1)40-25-28-49-45(32-40)46-33-41(36-14-5-2-6-15-36)26-29-50(46)59(49)48-22-8-7-19-43(48)55-51(59)34-47-42-20-9-16-37-17-10-21-44(53(37)42)54(47)56(55)52-30-27-39-24-23-38-18-11-31-60-57(38)58(39)61-52/h1-34H. The highest BCUT2D eigenvalue weighted by Gasteiger charge is 2.53. The number of benzene rings is 9. The Balaban J connectivity index is 1.15. The highest BCUT2D eigenvalue weighted by molar-refractivity contribution is 6.21. The monoisotopic (exact) mass is 770 g/mol. The molecule has 0 atom stereocenters. The molecule has 61 heavy (non-hydrogen) atoms. The number of rotatable bonds is 3. The molecule has 0 bridgehead atoms. The lowest BCUT2D eigenvalue weighted by molar-refractivity contribution is 0.794. The second-order valence-corrected chi connectivity index (χ2v) is 16.8. The molecule has 0 aliphatic heterocycles. The van der Waals surface area contributed by atoms with E-state index in [1.165, 1.54) is 105 Å². The molecule has 0 fully saturated rings. The summed E-state index contributed by atoms with van der Waals surface area (Å²) in [5.41, 5.74) is 23.7. The topological polar surface area (TPSA) is 25.8 Å². The zero-order chi connectivity index (χ0) is 39.8. The maximum Gasteiger partial charge on any atom is 0.0972 e. The molecule has 0 radical (unpaired) electrons.